The number of para-hydroxylation sites is 2. The molecule has 1 atom stereocenters. The summed E-state index contributed by atoms with van der Waals surface area (Å²) in [7, 11) is 0. The van der Waals surface area contributed by atoms with Crippen molar-refractivity contribution >= 4 is 11.7 Å². The van der Waals surface area contributed by atoms with Gasteiger partial charge in [0.05, 0.1) is 4.92 Å². The molecule has 0 aliphatic rings. The maximum Gasteiger partial charge on any atom is 0.344 e. The Labute approximate surface area is 110 Å². The number of nitrogens with zero attached hydrogens (tertiary/aromatic N) is 1. The predicted octanol–water partition coefficient (Wildman–Crippen LogP) is 1.56. The summed E-state index contributed by atoms with van der Waals surface area (Å²) in [6.45, 7) is 0.470. The number of unbranched alkanes of at least 4 members (excludes halogenated alkanes) is 1. The molecule has 1 unspecified atom stereocenters. The molecule has 0 aromatic heterocycles. The SMILES string of the molecule is NCCCCC(Oc1ccccc1[N+](=O)[O-])C(=O)O. The molecule has 19 heavy (non-hydrogen) atoms. The van der Waals surface area contributed by atoms with E-state index in [9.17, 15) is 14.9 Å². The lowest BCUT2D eigenvalue weighted by Gasteiger charge is -2.14. The number of nitrogens with two attached hydrogens (primary N) is 1. The van der Waals surface area contributed by atoms with Crippen molar-refractivity contribution in [2.45, 2.75) is 25.4 Å². The van der Waals surface area contributed by atoms with Gasteiger partial charge in [-0.2, -0.15) is 0 Å². The Bertz CT molecular complexity index is 450. The average Bonchev–Trinajstić information content (AvgIpc) is 2.38. The Morgan fingerprint density at radius 1 is 1.42 bits per heavy atom. The molecule has 0 heterocycles. The molecular formula is C12H16N2O5. The fourth-order valence-corrected chi connectivity index (χ4v) is 1.57. The van der Waals surface area contributed by atoms with Crippen molar-refractivity contribution in [3.63, 3.8) is 0 Å². The molecule has 0 amide bonds. The van der Waals surface area contributed by atoms with Gasteiger partial charge in [0.15, 0.2) is 11.9 Å². The van der Waals surface area contributed by atoms with Gasteiger partial charge in [0.1, 0.15) is 0 Å². The Hall–Kier alpha value is -2.15. The highest BCUT2D eigenvalue weighted by molar-refractivity contribution is 5.73. The van der Waals surface area contributed by atoms with E-state index < -0.39 is 17.0 Å². The van der Waals surface area contributed by atoms with Gasteiger partial charge in [-0.05, 0) is 31.9 Å². The van der Waals surface area contributed by atoms with Gasteiger partial charge in [0.2, 0.25) is 0 Å². The zero-order valence-electron chi connectivity index (χ0n) is 10.3. The molecule has 0 aliphatic heterocycles. The van der Waals surface area contributed by atoms with Crippen LogP contribution in [0.15, 0.2) is 24.3 Å². The summed E-state index contributed by atoms with van der Waals surface area (Å²) >= 11 is 0. The molecule has 3 N–H and O–H groups in total. The summed E-state index contributed by atoms with van der Waals surface area (Å²) in [5, 5.41) is 19.8. The maximum atomic E-state index is 11.1. The Kier molecular flexibility index (Phi) is 5.74. The molecule has 0 fully saturated rings. The topological polar surface area (TPSA) is 116 Å². The van der Waals surface area contributed by atoms with Gasteiger partial charge in [0.25, 0.3) is 0 Å². The maximum absolute atomic E-state index is 11.1. The van der Waals surface area contributed by atoms with Crippen LogP contribution < -0.4 is 10.5 Å². The van der Waals surface area contributed by atoms with E-state index in [4.69, 9.17) is 15.6 Å². The molecule has 7 heteroatoms. The summed E-state index contributed by atoms with van der Waals surface area (Å²) < 4.78 is 5.23. The standard InChI is InChI=1S/C12H16N2O5/c13-8-4-3-7-11(12(15)16)19-10-6-2-1-5-9(10)14(17)18/h1-2,5-6,11H,3-4,7-8,13H2,(H,15,16). The summed E-state index contributed by atoms with van der Waals surface area (Å²) in [4.78, 5) is 21.2. The lowest BCUT2D eigenvalue weighted by molar-refractivity contribution is -0.386. The molecule has 0 saturated heterocycles. The summed E-state index contributed by atoms with van der Waals surface area (Å²) in [5.41, 5.74) is 5.09. The predicted molar refractivity (Wildman–Crippen MR) is 68.1 cm³/mol. The number of benzene rings is 1. The van der Waals surface area contributed by atoms with Gasteiger partial charge in [-0.25, -0.2) is 4.79 Å². The first kappa shape index (κ1) is 14.9. The van der Waals surface area contributed by atoms with Crippen LogP contribution in [0, 0.1) is 10.1 Å². The number of carbonyl (C=O) groups is 1. The smallest absolute Gasteiger partial charge is 0.344 e. The van der Waals surface area contributed by atoms with Crippen LogP contribution in [-0.4, -0.2) is 28.6 Å². The number of ether oxygens (including phenoxy) is 1. The van der Waals surface area contributed by atoms with E-state index in [2.05, 4.69) is 0 Å². The van der Waals surface area contributed by atoms with Gasteiger partial charge in [0, 0.05) is 6.07 Å². The Morgan fingerprint density at radius 3 is 2.68 bits per heavy atom. The summed E-state index contributed by atoms with van der Waals surface area (Å²) in [6, 6.07) is 5.71. The first-order chi connectivity index (χ1) is 9.06. The molecule has 1 rings (SSSR count). The number of nitro benzene ring substituents is 1. The number of hydrogen-bond acceptors (Lipinski definition) is 5. The van der Waals surface area contributed by atoms with Crippen molar-refractivity contribution in [1.82, 2.24) is 0 Å². The molecular weight excluding hydrogens is 252 g/mol. The van der Waals surface area contributed by atoms with Crippen LogP contribution in [0.25, 0.3) is 0 Å². The van der Waals surface area contributed by atoms with Gasteiger partial charge >= 0.3 is 11.7 Å². The third kappa shape index (κ3) is 4.55. The molecule has 7 nitrogen and oxygen atoms in total. The van der Waals surface area contributed by atoms with Crippen molar-refractivity contribution in [2.75, 3.05) is 6.54 Å². The summed E-state index contributed by atoms with van der Waals surface area (Å²) in [6.07, 6.45) is 0.434. The van der Waals surface area contributed by atoms with Gasteiger partial charge in [-0.3, -0.25) is 10.1 Å². The number of carboxylic acids is 1. The zero-order chi connectivity index (χ0) is 14.3. The van der Waals surface area contributed by atoms with Crippen LogP contribution in [0.3, 0.4) is 0 Å². The first-order valence-electron chi connectivity index (χ1n) is 5.89. The van der Waals surface area contributed by atoms with E-state index in [-0.39, 0.29) is 17.9 Å². The van der Waals surface area contributed by atoms with E-state index >= 15 is 0 Å². The molecule has 104 valence electrons. The molecule has 0 spiro atoms. The van der Waals surface area contributed by atoms with Crippen molar-refractivity contribution < 1.29 is 19.6 Å². The highest BCUT2D eigenvalue weighted by Gasteiger charge is 2.23. The van der Waals surface area contributed by atoms with Gasteiger partial charge < -0.3 is 15.6 Å². The highest BCUT2D eigenvalue weighted by Crippen LogP contribution is 2.27. The normalized spacial score (nSPS) is 11.8. The second-order valence-corrected chi connectivity index (χ2v) is 3.95. The monoisotopic (exact) mass is 268 g/mol. The third-order valence-corrected chi connectivity index (χ3v) is 2.53. The number of hydrogen-bond donors (Lipinski definition) is 2. The minimum absolute atomic E-state index is 0.0346. The highest BCUT2D eigenvalue weighted by atomic mass is 16.6. The number of aliphatic carboxylic acids is 1. The fraction of sp³-hybridized carbons (Fsp3) is 0.417. The van der Waals surface area contributed by atoms with E-state index in [1.54, 1.807) is 6.07 Å². The number of nitro groups is 1. The quantitative estimate of drug-likeness (QED) is 0.420. The number of rotatable bonds is 8. The van der Waals surface area contributed by atoms with Crippen molar-refractivity contribution in [3.8, 4) is 5.75 Å². The molecule has 0 saturated carbocycles. The van der Waals surface area contributed by atoms with E-state index in [1.807, 2.05) is 0 Å². The van der Waals surface area contributed by atoms with Crippen molar-refractivity contribution in [3.05, 3.63) is 34.4 Å². The second-order valence-electron chi connectivity index (χ2n) is 3.95. The Morgan fingerprint density at radius 2 is 2.11 bits per heavy atom. The fourth-order valence-electron chi connectivity index (χ4n) is 1.57. The molecule has 0 radical (unpaired) electrons. The van der Waals surface area contributed by atoms with Crippen LogP contribution in [0.1, 0.15) is 19.3 Å². The van der Waals surface area contributed by atoms with Crippen molar-refractivity contribution in [2.24, 2.45) is 5.73 Å². The molecule has 0 bridgehead atoms. The average molecular weight is 268 g/mol. The lowest BCUT2D eigenvalue weighted by atomic mass is 10.1. The largest absolute Gasteiger partial charge is 0.479 e. The number of carboxylic acid groups (broad SMARTS) is 1. The van der Waals surface area contributed by atoms with E-state index in [0.29, 0.717) is 19.4 Å². The minimum atomic E-state index is -1.14. The minimum Gasteiger partial charge on any atom is -0.479 e. The zero-order valence-corrected chi connectivity index (χ0v) is 10.3. The van der Waals surface area contributed by atoms with Crippen LogP contribution in [0.5, 0.6) is 5.75 Å². The van der Waals surface area contributed by atoms with E-state index in [1.165, 1.54) is 18.2 Å². The van der Waals surface area contributed by atoms with Gasteiger partial charge in [-0.15, -0.1) is 0 Å². The Balaban J connectivity index is 2.79. The van der Waals surface area contributed by atoms with Gasteiger partial charge in [-0.1, -0.05) is 12.1 Å². The molecule has 1 aromatic carbocycles. The molecule has 1 aromatic rings. The van der Waals surface area contributed by atoms with Crippen LogP contribution in [0.4, 0.5) is 5.69 Å². The second kappa shape index (κ2) is 7.32. The van der Waals surface area contributed by atoms with Crippen LogP contribution >= 0.6 is 0 Å². The summed E-state index contributed by atoms with van der Waals surface area (Å²) in [5.74, 6) is -1.18. The van der Waals surface area contributed by atoms with Crippen LogP contribution in [0.2, 0.25) is 0 Å². The van der Waals surface area contributed by atoms with E-state index in [0.717, 1.165) is 0 Å². The first-order valence-corrected chi connectivity index (χ1v) is 5.89. The van der Waals surface area contributed by atoms with Crippen molar-refractivity contribution in [1.29, 1.82) is 0 Å². The van der Waals surface area contributed by atoms with Crippen LogP contribution in [-0.2, 0) is 4.79 Å². The molecule has 0 aliphatic carbocycles. The third-order valence-electron chi connectivity index (χ3n) is 2.53. The lowest BCUT2D eigenvalue weighted by Crippen LogP contribution is -2.27.